The summed E-state index contributed by atoms with van der Waals surface area (Å²) >= 11 is 0. The molecular formula is C22H34ClN3O3. The molecule has 1 unspecified atom stereocenters. The summed E-state index contributed by atoms with van der Waals surface area (Å²) in [6, 6.07) is 9.37. The van der Waals surface area contributed by atoms with Gasteiger partial charge in [-0.2, -0.15) is 0 Å². The molecule has 1 atom stereocenters. The van der Waals surface area contributed by atoms with Crippen molar-refractivity contribution in [2.24, 2.45) is 11.8 Å². The summed E-state index contributed by atoms with van der Waals surface area (Å²) < 4.78 is 5.58. The van der Waals surface area contributed by atoms with E-state index in [1.165, 1.54) is 0 Å². The first kappa shape index (κ1) is 23.5. The van der Waals surface area contributed by atoms with Crippen molar-refractivity contribution in [3.63, 3.8) is 0 Å². The van der Waals surface area contributed by atoms with E-state index in [0.29, 0.717) is 24.8 Å². The average molecular weight is 424 g/mol. The second-order valence-corrected chi connectivity index (χ2v) is 7.86. The molecule has 2 amide bonds. The van der Waals surface area contributed by atoms with Gasteiger partial charge in [-0.05, 0) is 56.8 Å². The van der Waals surface area contributed by atoms with Gasteiger partial charge in [0, 0.05) is 26.2 Å². The average Bonchev–Trinajstić information content (AvgIpc) is 2.76. The first-order valence-electron chi connectivity index (χ1n) is 10.6. The predicted octanol–water partition coefficient (Wildman–Crippen LogP) is 2.57. The first-order valence-corrected chi connectivity index (χ1v) is 10.6. The van der Waals surface area contributed by atoms with E-state index in [-0.39, 0.29) is 36.7 Å². The van der Waals surface area contributed by atoms with Gasteiger partial charge < -0.3 is 19.9 Å². The second kappa shape index (κ2) is 12.0. The molecule has 0 bridgehead atoms. The van der Waals surface area contributed by atoms with Crippen molar-refractivity contribution < 1.29 is 14.3 Å². The molecule has 2 aliphatic heterocycles. The van der Waals surface area contributed by atoms with Gasteiger partial charge in [-0.15, -0.1) is 12.4 Å². The third-order valence-corrected chi connectivity index (χ3v) is 5.84. The zero-order valence-electron chi connectivity index (χ0n) is 17.3. The number of carbonyl (C=O) groups excluding carboxylic acids is 2. The van der Waals surface area contributed by atoms with Crippen LogP contribution in [0, 0.1) is 11.8 Å². The zero-order chi connectivity index (χ0) is 19.8. The van der Waals surface area contributed by atoms with Crippen LogP contribution in [0.3, 0.4) is 0 Å². The van der Waals surface area contributed by atoms with Crippen LogP contribution in [0.25, 0.3) is 0 Å². The number of halogens is 1. The van der Waals surface area contributed by atoms with E-state index in [0.717, 1.165) is 51.9 Å². The summed E-state index contributed by atoms with van der Waals surface area (Å²) in [6.07, 6.45) is 3.89. The van der Waals surface area contributed by atoms with Gasteiger partial charge in [-0.25, -0.2) is 0 Å². The highest BCUT2D eigenvalue weighted by Crippen LogP contribution is 2.23. The Balaban J connectivity index is 0.00000300. The third kappa shape index (κ3) is 6.89. The minimum absolute atomic E-state index is 0. The lowest BCUT2D eigenvalue weighted by atomic mass is 9.92. The summed E-state index contributed by atoms with van der Waals surface area (Å²) in [5, 5.41) is 3.41. The van der Waals surface area contributed by atoms with Gasteiger partial charge in [0.1, 0.15) is 5.75 Å². The molecule has 2 aliphatic rings. The maximum atomic E-state index is 13.0. The van der Waals surface area contributed by atoms with Crippen LogP contribution in [0.4, 0.5) is 0 Å². The van der Waals surface area contributed by atoms with E-state index >= 15 is 0 Å². The topological polar surface area (TPSA) is 61.9 Å². The summed E-state index contributed by atoms with van der Waals surface area (Å²) in [7, 11) is 0. The Kier molecular flexibility index (Phi) is 9.74. The zero-order valence-corrected chi connectivity index (χ0v) is 18.2. The molecule has 0 aliphatic carbocycles. The lowest BCUT2D eigenvalue weighted by Gasteiger charge is -2.38. The van der Waals surface area contributed by atoms with E-state index in [4.69, 9.17) is 4.74 Å². The van der Waals surface area contributed by atoms with Crippen molar-refractivity contribution in [2.75, 3.05) is 45.9 Å². The standard InChI is InChI=1S/C22H33N3O3.ClH/c1-2-23-15-18-10-13-24(14-11-18)22(27)19-7-6-12-25(16-19)21(26)17-28-20-8-4-3-5-9-20;/h3-5,8-9,18-19,23H,2,6-7,10-17H2,1H3;1H. The van der Waals surface area contributed by atoms with Crippen LogP contribution in [0.5, 0.6) is 5.75 Å². The molecule has 6 nitrogen and oxygen atoms in total. The number of rotatable bonds is 7. The molecule has 2 saturated heterocycles. The van der Waals surface area contributed by atoms with Crippen LogP contribution in [0.1, 0.15) is 32.6 Å². The second-order valence-electron chi connectivity index (χ2n) is 7.86. The Labute approximate surface area is 180 Å². The highest BCUT2D eigenvalue weighted by molar-refractivity contribution is 5.85. The van der Waals surface area contributed by atoms with Gasteiger partial charge in [0.15, 0.2) is 6.61 Å². The van der Waals surface area contributed by atoms with Crippen molar-refractivity contribution in [3.05, 3.63) is 30.3 Å². The number of benzene rings is 1. The molecule has 29 heavy (non-hydrogen) atoms. The normalized spacial score (nSPS) is 20.1. The molecule has 7 heteroatoms. The summed E-state index contributed by atoms with van der Waals surface area (Å²) in [5.41, 5.74) is 0. The quantitative estimate of drug-likeness (QED) is 0.732. The van der Waals surface area contributed by atoms with E-state index in [2.05, 4.69) is 12.2 Å². The van der Waals surface area contributed by atoms with Gasteiger partial charge in [0.25, 0.3) is 5.91 Å². The number of nitrogens with one attached hydrogen (secondary N) is 1. The van der Waals surface area contributed by atoms with Gasteiger partial charge in [-0.3, -0.25) is 9.59 Å². The molecule has 0 spiro atoms. The first-order chi connectivity index (χ1) is 13.7. The molecule has 2 fully saturated rings. The van der Waals surface area contributed by atoms with E-state index in [1.807, 2.05) is 35.2 Å². The van der Waals surface area contributed by atoms with Crippen LogP contribution in [-0.2, 0) is 9.59 Å². The highest BCUT2D eigenvalue weighted by Gasteiger charge is 2.32. The van der Waals surface area contributed by atoms with E-state index in [9.17, 15) is 9.59 Å². The Hall–Kier alpha value is -1.79. The van der Waals surface area contributed by atoms with Crippen molar-refractivity contribution in [1.29, 1.82) is 0 Å². The van der Waals surface area contributed by atoms with Crippen molar-refractivity contribution in [1.82, 2.24) is 15.1 Å². The van der Waals surface area contributed by atoms with Crippen LogP contribution < -0.4 is 10.1 Å². The Morgan fingerprint density at radius 1 is 1.07 bits per heavy atom. The largest absolute Gasteiger partial charge is 0.484 e. The van der Waals surface area contributed by atoms with E-state index in [1.54, 1.807) is 4.90 Å². The molecule has 0 aromatic heterocycles. The van der Waals surface area contributed by atoms with Crippen molar-refractivity contribution in [3.8, 4) is 5.75 Å². The van der Waals surface area contributed by atoms with Gasteiger partial charge in [0.2, 0.25) is 5.91 Å². The summed E-state index contributed by atoms with van der Waals surface area (Å²) in [4.78, 5) is 29.3. The number of para-hydroxylation sites is 1. The number of hydrogen-bond donors (Lipinski definition) is 1. The van der Waals surface area contributed by atoms with Crippen LogP contribution in [0.2, 0.25) is 0 Å². The number of nitrogens with zero attached hydrogens (tertiary/aromatic N) is 2. The lowest BCUT2D eigenvalue weighted by molar-refractivity contribution is -0.142. The fourth-order valence-electron chi connectivity index (χ4n) is 4.12. The number of likely N-dealkylation sites (tertiary alicyclic amines) is 2. The molecule has 3 rings (SSSR count). The maximum Gasteiger partial charge on any atom is 0.260 e. The molecular weight excluding hydrogens is 390 g/mol. The fraction of sp³-hybridized carbons (Fsp3) is 0.636. The molecule has 1 N–H and O–H groups in total. The van der Waals surface area contributed by atoms with Gasteiger partial charge in [0.05, 0.1) is 5.92 Å². The molecule has 162 valence electrons. The molecule has 0 saturated carbocycles. The maximum absolute atomic E-state index is 13.0. The minimum Gasteiger partial charge on any atom is -0.484 e. The van der Waals surface area contributed by atoms with E-state index < -0.39 is 0 Å². The van der Waals surface area contributed by atoms with Crippen LogP contribution in [-0.4, -0.2) is 67.5 Å². The molecule has 2 heterocycles. The van der Waals surface area contributed by atoms with Gasteiger partial charge in [-0.1, -0.05) is 25.1 Å². The monoisotopic (exact) mass is 423 g/mol. The number of ether oxygens (including phenoxy) is 1. The smallest absolute Gasteiger partial charge is 0.260 e. The summed E-state index contributed by atoms with van der Waals surface area (Å²) in [6.45, 7) is 7.12. The SMILES string of the molecule is CCNCC1CCN(C(=O)C2CCCN(C(=O)COc3ccccc3)C2)CC1.Cl. The number of carbonyl (C=O) groups is 2. The number of hydrogen-bond acceptors (Lipinski definition) is 4. The number of piperidine rings is 2. The minimum atomic E-state index is -0.0697. The summed E-state index contributed by atoms with van der Waals surface area (Å²) in [5.74, 6) is 1.48. The fourth-order valence-corrected chi connectivity index (χ4v) is 4.12. The molecule has 0 radical (unpaired) electrons. The molecule has 1 aromatic carbocycles. The molecule has 1 aromatic rings. The predicted molar refractivity (Wildman–Crippen MR) is 116 cm³/mol. The van der Waals surface area contributed by atoms with Crippen molar-refractivity contribution in [2.45, 2.75) is 32.6 Å². The lowest BCUT2D eigenvalue weighted by Crippen LogP contribution is -2.49. The van der Waals surface area contributed by atoms with Crippen LogP contribution >= 0.6 is 12.4 Å². The Morgan fingerprint density at radius 3 is 2.48 bits per heavy atom. The Morgan fingerprint density at radius 2 is 1.79 bits per heavy atom. The number of amides is 2. The third-order valence-electron chi connectivity index (χ3n) is 5.84. The van der Waals surface area contributed by atoms with Gasteiger partial charge >= 0.3 is 0 Å². The van der Waals surface area contributed by atoms with Crippen molar-refractivity contribution >= 4 is 24.2 Å². The van der Waals surface area contributed by atoms with Crippen LogP contribution in [0.15, 0.2) is 30.3 Å². The highest BCUT2D eigenvalue weighted by atomic mass is 35.5. The Bertz CT molecular complexity index is 635.